The van der Waals surface area contributed by atoms with Crippen LogP contribution in [0.25, 0.3) is 0 Å². The number of nitrogens with two attached hydrogens (primary N) is 1. The summed E-state index contributed by atoms with van der Waals surface area (Å²) in [5.41, 5.74) is 5.61. The minimum absolute atomic E-state index is 0.181. The average Bonchev–Trinajstić information content (AvgIpc) is 2.56. The van der Waals surface area contributed by atoms with Crippen LogP contribution in [-0.4, -0.2) is 32.3 Å². The molecule has 0 saturated carbocycles. The Kier molecular flexibility index (Phi) is 14.0. The van der Waals surface area contributed by atoms with Gasteiger partial charge in [-0.1, -0.05) is 52.4 Å². The van der Waals surface area contributed by atoms with Crippen LogP contribution >= 0.6 is 0 Å². The monoisotopic (exact) mass is 345 g/mol. The van der Waals surface area contributed by atoms with Gasteiger partial charge < -0.3 is 19.9 Å². The van der Waals surface area contributed by atoms with Gasteiger partial charge in [0.15, 0.2) is 0 Å². The lowest BCUT2D eigenvalue weighted by Gasteiger charge is -2.47. The molecule has 1 unspecified atom stereocenters. The van der Waals surface area contributed by atoms with Crippen molar-refractivity contribution in [1.82, 2.24) is 0 Å². The molecule has 4 nitrogen and oxygen atoms in total. The second kappa shape index (κ2) is 14.1. The number of rotatable bonds is 17. The summed E-state index contributed by atoms with van der Waals surface area (Å²) in [5.74, 6) is -0.955. The molecule has 146 valence electrons. The van der Waals surface area contributed by atoms with Crippen molar-refractivity contribution in [3.05, 3.63) is 0 Å². The predicted molar refractivity (Wildman–Crippen MR) is 102 cm³/mol. The number of ether oxygens (including phenoxy) is 3. The molecule has 0 rings (SSSR count). The van der Waals surface area contributed by atoms with E-state index in [1.54, 1.807) is 0 Å². The number of hydrogen-bond donors (Lipinski definition) is 1. The van der Waals surface area contributed by atoms with Gasteiger partial charge in [0.25, 0.3) is 5.97 Å². The zero-order valence-corrected chi connectivity index (χ0v) is 17.0. The van der Waals surface area contributed by atoms with Crippen LogP contribution in [0, 0.1) is 5.41 Å². The van der Waals surface area contributed by atoms with Crippen LogP contribution in [0.1, 0.15) is 92.4 Å². The largest absolute Gasteiger partial charge is 0.330 e. The number of unbranched alkanes of at least 4 members (excludes halogenated alkanes) is 5. The maximum absolute atomic E-state index is 6.08. The zero-order chi connectivity index (χ0) is 18.3. The molecule has 0 aliphatic heterocycles. The Hall–Kier alpha value is -0.160. The quantitative estimate of drug-likeness (QED) is 0.289. The van der Waals surface area contributed by atoms with Crippen molar-refractivity contribution in [3.8, 4) is 0 Å². The summed E-state index contributed by atoms with van der Waals surface area (Å²) >= 11 is 0. The highest BCUT2D eigenvalue weighted by molar-refractivity contribution is 4.85. The lowest BCUT2D eigenvalue weighted by atomic mass is 9.77. The smallest absolute Gasteiger partial charge is 0.288 e. The third kappa shape index (κ3) is 7.81. The highest BCUT2D eigenvalue weighted by Crippen LogP contribution is 2.45. The first-order valence-electron chi connectivity index (χ1n) is 10.2. The van der Waals surface area contributed by atoms with Gasteiger partial charge in [-0.25, -0.2) is 0 Å². The Morgan fingerprint density at radius 1 is 0.667 bits per heavy atom. The van der Waals surface area contributed by atoms with Crippen LogP contribution in [0.5, 0.6) is 0 Å². The van der Waals surface area contributed by atoms with Crippen molar-refractivity contribution in [2.24, 2.45) is 11.1 Å². The van der Waals surface area contributed by atoms with Gasteiger partial charge in [-0.2, -0.15) is 0 Å². The predicted octanol–water partition coefficient (Wildman–Crippen LogP) is 5.25. The van der Waals surface area contributed by atoms with Gasteiger partial charge in [-0.3, -0.25) is 0 Å². The third-order valence-corrected chi connectivity index (χ3v) is 4.76. The lowest BCUT2D eigenvalue weighted by Crippen LogP contribution is -2.53. The van der Waals surface area contributed by atoms with E-state index in [-0.39, 0.29) is 5.41 Å². The van der Waals surface area contributed by atoms with E-state index in [9.17, 15) is 0 Å². The van der Waals surface area contributed by atoms with Crippen LogP contribution in [0.15, 0.2) is 0 Å². The molecule has 0 spiro atoms. The van der Waals surface area contributed by atoms with Gasteiger partial charge in [0, 0.05) is 25.2 Å². The van der Waals surface area contributed by atoms with Gasteiger partial charge in [-0.15, -0.1) is 0 Å². The molecular weight excluding hydrogens is 302 g/mol. The molecule has 0 radical (unpaired) electrons. The molecule has 0 bridgehead atoms. The minimum Gasteiger partial charge on any atom is -0.330 e. The summed E-state index contributed by atoms with van der Waals surface area (Å²) in [6.07, 6.45) is 10.7. The molecule has 0 saturated heterocycles. The Morgan fingerprint density at radius 2 is 1.12 bits per heavy atom. The van der Waals surface area contributed by atoms with Crippen LogP contribution in [0.2, 0.25) is 0 Å². The van der Waals surface area contributed by atoms with Crippen molar-refractivity contribution >= 4 is 0 Å². The minimum atomic E-state index is -0.955. The van der Waals surface area contributed by atoms with E-state index in [4.69, 9.17) is 19.9 Å². The average molecular weight is 346 g/mol. The summed E-state index contributed by atoms with van der Waals surface area (Å²) in [6.45, 7) is 12.9. The van der Waals surface area contributed by atoms with Gasteiger partial charge in [0.05, 0.1) is 0 Å². The van der Waals surface area contributed by atoms with Crippen molar-refractivity contribution < 1.29 is 14.2 Å². The molecule has 0 amide bonds. The fraction of sp³-hybridized carbons (Fsp3) is 1.00. The van der Waals surface area contributed by atoms with E-state index >= 15 is 0 Å². The molecule has 2 N–H and O–H groups in total. The Labute approximate surface area is 150 Å². The van der Waals surface area contributed by atoms with E-state index in [0.29, 0.717) is 26.4 Å². The van der Waals surface area contributed by atoms with E-state index in [0.717, 1.165) is 19.3 Å². The first-order chi connectivity index (χ1) is 11.6. The molecule has 4 heteroatoms. The topological polar surface area (TPSA) is 53.7 Å². The van der Waals surface area contributed by atoms with Crippen molar-refractivity contribution in [3.63, 3.8) is 0 Å². The summed E-state index contributed by atoms with van der Waals surface area (Å²) < 4.78 is 18.2. The maximum atomic E-state index is 6.08. The molecule has 0 heterocycles. The van der Waals surface area contributed by atoms with Crippen LogP contribution in [0.3, 0.4) is 0 Å². The molecule has 24 heavy (non-hydrogen) atoms. The second-order valence-corrected chi connectivity index (χ2v) is 6.83. The summed E-state index contributed by atoms with van der Waals surface area (Å²) in [6, 6.07) is 0. The van der Waals surface area contributed by atoms with Gasteiger partial charge in [0.1, 0.15) is 0 Å². The Morgan fingerprint density at radius 3 is 1.58 bits per heavy atom. The molecule has 0 aliphatic rings. The zero-order valence-electron chi connectivity index (χ0n) is 17.0. The first kappa shape index (κ1) is 23.8. The molecule has 0 aliphatic carbocycles. The highest BCUT2D eigenvalue weighted by Gasteiger charge is 2.51. The van der Waals surface area contributed by atoms with Crippen LogP contribution in [-0.2, 0) is 14.2 Å². The van der Waals surface area contributed by atoms with E-state index in [1.807, 2.05) is 20.8 Å². The van der Waals surface area contributed by atoms with E-state index in [2.05, 4.69) is 13.8 Å². The van der Waals surface area contributed by atoms with E-state index < -0.39 is 5.97 Å². The summed E-state index contributed by atoms with van der Waals surface area (Å²) in [7, 11) is 0. The van der Waals surface area contributed by atoms with Gasteiger partial charge in [0.2, 0.25) is 0 Å². The molecule has 0 aromatic heterocycles. The number of hydrogen-bond acceptors (Lipinski definition) is 4. The van der Waals surface area contributed by atoms with E-state index in [1.165, 1.54) is 38.5 Å². The van der Waals surface area contributed by atoms with Crippen molar-refractivity contribution in [1.29, 1.82) is 0 Å². The van der Waals surface area contributed by atoms with Crippen LogP contribution in [0.4, 0.5) is 0 Å². The van der Waals surface area contributed by atoms with Gasteiger partial charge in [-0.05, 0) is 46.6 Å². The van der Waals surface area contributed by atoms with Crippen LogP contribution < -0.4 is 5.73 Å². The Balaban J connectivity index is 5.01. The van der Waals surface area contributed by atoms with Crippen molar-refractivity contribution in [2.45, 2.75) is 98.4 Å². The molecular formula is C20H43NO3. The molecule has 0 aromatic carbocycles. The van der Waals surface area contributed by atoms with Crippen molar-refractivity contribution in [2.75, 3.05) is 26.4 Å². The fourth-order valence-electron chi connectivity index (χ4n) is 3.44. The summed E-state index contributed by atoms with van der Waals surface area (Å²) in [5, 5.41) is 0. The standard InChI is InChI=1S/C20H43NO3/c1-6-10-11-12-13-14-16-19(5,17-15-18-21)20(22-7-2,23-8-3)24-9-4/h6-18,21H2,1-5H3. The maximum Gasteiger partial charge on any atom is 0.288 e. The first-order valence-corrected chi connectivity index (χ1v) is 10.2. The SMILES string of the molecule is CCCCCCCCC(C)(CCCN)C(OCC)(OCC)OCC. The molecule has 0 fully saturated rings. The third-order valence-electron chi connectivity index (χ3n) is 4.76. The lowest BCUT2D eigenvalue weighted by molar-refractivity contribution is -0.427. The summed E-state index contributed by atoms with van der Waals surface area (Å²) in [4.78, 5) is 0. The second-order valence-electron chi connectivity index (χ2n) is 6.83. The Bertz CT molecular complexity index is 269. The highest BCUT2D eigenvalue weighted by atomic mass is 16.9. The molecule has 0 aromatic rings. The molecule has 1 atom stereocenters. The van der Waals surface area contributed by atoms with Gasteiger partial charge >= 0.3 is 0 Å². The normalized spacial score (nSPS) is 14.8. The fourth-order valence-corrected chi connectivity index (χ4v) is 3.44.